The average molecular weight is 373 g/mol. The lowest BCUT2D eigenvalue weighted by Crippen LogP contribution is -2.40. The summed E-state index contributed by atoms with van der Waals surface area (Å²) < 4.78 is 5.28. The second-order valence-electron chi connectivity index (χ2n) is 6.75. The van der Waals surface area contributed by atoms with Crippen LogP contribution in [0.2, 0.25) is 5.02 Å². The normalized spacial score (nSPS) is 15.6. The molecule has 2 aromatic carbocycles. The number of rotatable bonds is 6. The Morgan fingerprint density at radius 2 is 1.88 bits per heavy atom. The number of methoxy groups -OCH3 is 1. The lowest BCUT2D eigenvalue weighted by atomic mass is 9.95. The highest BCUT2D eigenvalue weighted by molar-refractivity contribution is 6.30. The third-order valence-corrected chi connectivity index (χ3v) is 5.13. The Morgan fingerprint density at radius 1 is 1.15 bits per heavy atom. The zero-order valence-corrected chi connectivity index (χ0v) is 15.8. The number of carbonyl (C=O) groups excluding carboxylic acids is 1. The molecule has 1 saturated heterocycles. The number of nitrogens with one attached hydrogen (secondary N) is 1. The van der Waals surface area contributed by atoms with Crippen LogP contribution in [0, 0.1) is 5.92 Å². The van der Waals surface area contributed by atoms with Gasteiger partial charge >= 0.3 is 0 Å². The molecule has 4 nitrogen and oxygen atoms in total. The third kappa shape index (κ3) is 5.23. The molecule has 0 atom stereocenters. The molecule has 3 rings (SSSR count). The van der Waals surface area contributed by atoms with E-state index in [1.54, 1.807) is 7.11 Å². The van der Waals surface area contributed by atoms with Crippen molar-refractivity contribution in [1.29, 1.82) is 0 Å². The molecule has 1 heterocycles. The molecule has 5 heteroatoms. The van der Waals surface area contributed by atoms with Crippen LogP contribution in [0.4, 0.5) is 0 Å². The molecule has 0 saturated carbocycles. The number of halogens is 1. The second-order valence-corrected chi connectivity index (χ2v) is 7.18. The summed E-state index contributed by atoms with van der Waals surface area (Å²) in [4.78, 5) is 14.8. The first-order valence-corrected chi connectivity index (χ1v) is 9.39. The molecule has 1 aliphatic heterocycles. The fraction of sp³-hybridized carbons (Fsp3) is 0.381. The van der Waals surface area contributed by atoms with E-state index in [1.165, 1.54) is 5.56 Å². The monoisotopic (exact) mass is 372 g/mol. The van der Waals surface area contributed by atoms with E-state index in [-0.39, 0.29) is 11.8 Å². The number of carbonyl (C=O) groups is 1. The molecule has 0 bridgehead atoms. The molecule has 1 aliphatic rings. The van der Waals surface area contributed by atoms with E-state index in [9.17, 15) is 4.79 Å². The predicted molar refractivity (Wildman–Crippen MR) is 104 cm³/mol. The van der Waals surface area contributed by atoms with Crippen molar-refractivity contribution in [1.82, 2.24) is 10.2 Å². The lowest BCUT2D eigenvalue weighted by Gasteiger charge is -2.31. The van der Waals surface area contributed by atoms with Crippen LogP contribution in [-0.2, 0) is 17.9 Å². The zero-order valence-electron chi connectivity index (χ0n) is 15.1. The summed E-state index contributed by atoms with van der Waals surface area (Å²) in [6.07, 6.45) is 1.80. The Kier molecular flexibility index (Phi) is 6.53. The van der Waals surface area contributed by atoms with Crippen molar-refractivity contribution < 1.29 is 9.53 Å². The number of hydrogen-bond acceptors (Lipinski definition) is 3. The molecule has 0 unspecified atom stereocenters. The molecule has 1 fully saturated rings. The molecule has 1 amide bonds. The molecule has 0 aromatic heterocycles. The summed E-state index contributed by atoms with van der Waals surface area (Å²) in [5, 5.41) is 3.76. The van der Waals surface area contributed by atoms with E-state index in [1.807, 2.05) is 36.4 Å². The summed E-state index contributed by atoms with van der Waals surface area (Å²) in [5.41, 5.74) is 2.31. The standard InChI is InChI=1S/C21H25ClN2O2/c1-26-20-4-2-3-17(13-20)15-24-11-9-18(10-12-24)21(25)23-14-16-5-7-19(22)8-6-16/h2-8,13,18H,9-12,14-15H2,1H3,(H,23,25). The van der Waals surface area contributed by atoms with Crippen LogP contribution >= 0.6 is 11.6 Å². The topological polar surface area (TPSA) is 41.6 Å². The summed E-state index contributed by atoms with van der Waals surface area (Å²) in [7, 11) is 1.69. The minimum atomic E-state index is 0.101. The quantitative estimate of drug-likeness (QED) is 0.836. The van der Waals surface area contributed by atoms with Crippen LogP contribution in [0.1, 0.15) is 24.0 Å². The summed E-state index contributed by atoms with van der Waals surface area (Å²) in [5.74, 6) is 1.14. The first-order valence-electron chi connectivity index (χ1n) is 9.01. The van der Waals surface area contributed by atoms with E-state index >= 15 is 0 Å². The summed E-state index contributed by atoms with van der Waals surface area (Å²) in [6, 6.07) is 15.8. The molecule has 26 heavy (non-hydrogen) atoms. The molecular formula is C21H25ClN2O2. The zero-order chi connectivity index (χ0) is 18.4. The van der Waals surface area contributed by atoms with Gasteiger partial charge in [0.1, 0.15) is 5.75 Å². The van der Waals surface area contributed by atoms with Gasteiger partial charge in [-0.2, -0.15) is 0 Å². The Hall–Kier alpha value is -2.04. The first-order chi connectivity index (χ1) is 12.6. The fourth-order valence-electron chi connectivity index (χ4n) is 3.32. The molecule has 2 aromatic rings. The van der Waals surface area contributed by atoms with Gasteiger partial charge in [-0.05, 0) is 61.3 Å². The van der Waals surface area contributed by atoms with E-state index in [0.717, 1.165) is 43.8 Å². The Balaban J connectivity index is 1.43. The van der Waals surface area contributed by atoms with Gasteiger partial charge in [-0.15, -0.1) is 0 Å². The van der Waals surface area contributed by atoms with Gasteiger partial charge in [0.15, 0.2) is 0 Å². The largest absolute Gasteiger partial charge is 0.497 e. The number of likely N-dealkylation sites (tertiary alicyclic amines) is 1. The van der Waals surface area contributed by atoms with Crippen LogP contribution < -0.4 is 10.1 Å². The van der Waals surface area contributed by atoms with E-state index in [2.05, 4.69) is 22.3 Å². The highest BCUT2D eigenvalue weighted by Crippen LogP contribution is 2.21. The number of hydrogen-bond donors (Lipinski definition) is 1. The third-order valence-electron chi connectivity index (χ3n) is 4.88. The second kappa shape index (κ2) is 9.06. The number of ether oxygens (including phenoxy) is 1. The van der Waals surface area contributed by atoms with E-state index < -0.39 is 0 Å². The van der Waals surface area contributed by atoms with Crippen LogP contribution in [0.15, 0.2) is 48.5 Å². The van der Waals surface area contributed by atoms with Crippen molar-refractivity contribution >= 4 is 17.5 Å². The number of nitrogens with zero attached hydrogens (tertiary/aromatic N) is 1. The SMILES string of the molecule is COc1cccc(CN2CCC(C(=O)NCc3ccc(Cl)cc3)CC2)c1. The van der Waals surface area contributed by atoms with Crippen LogP contribution in [0.25, 0.3) is 0 Å². The smallest absolute Gasteiger partial charge is 0.223 e. The van der Waals surface area contributed by atoms with Crippen molar-refractivity contribution in [3.05, 3.63) is 64.7 Å². The molecule has 138 valence electrons. The van der Waals surface area contributed by atoms with Crippen molar-refractivity contribution in [2.24, 2.45) is 5.92 Å². The highest BCUT2D eigenvalue weighted by Gasteiger charge is 2.24. The predicted octanol–water partition coefficient (Wildman–Crippen LogP) is 3.88. The molecule has 0 aliphatic carbocycles. The molecule has 0 radical (unpaired) electrons. The fourth-order valence-corrected chi connectivity index (χ4v) is 3.44. The maximum Gasteiger partial charge on any atom is 0.223 e. The highest BCUT2D eigenvalue weighted by atomic mass is 35.5. The van der Waals surface area contributed by atoms with Gasteiger partial charge in [-0.3, -0.25) is 9.69 Å². The van der Waals surface area contributed by atoms with Gasteiger partial charge in [0.05, 0.1) is 7.11 Å². The van der Waals surface area contributed by atoms with Crippen molar-refractivity contribution in [3.63, 3.8) is 0 Å². The van der Waals surface area contributed by atoms with Crippen LogP contribution in [0.5, 0.6) is 5.75 Å². The van der Waals surface area contributed by atoms with Crippen LogP contribution in [0.3, 0.4) is 0 Å². The number of amides is 1. The lowest BCUT2D eigenvalue weighted by molar-refractivity contribution is -0.126. The molecule has 0 spiro atoms. The average Bonchev–Trinajstić information content (AvgIpc) is 2.68. The van der Waals surface area contributed by atoms with E-state index in [0.29, 0.717) is 11.6 Å². The Labute approximate surface area is 160 Å². The van der Waals surface area contributed by atoms with Gasteiger partial charge < -0.3 is 10.1 Å². The minimum Gasteiger partial charge on any atom is -0.497 e. The van der Waals surface area contributed by atoms with Gasteiger partial charge in [0.2, 0.25) is 5.91 Å². The maximum absolute atomic E-state index is 12.4. The van der Waals surface area contributed by atoms with Crippen molar-refractivity contribution in [2.45, 2.75) is 25.9 Å². The Bertz CT molecular complexity index is 725. The van der Waals surface area contributed by atoms with Gasteiger partial charge in [0, 0.05) is 24.0 Å². The van der Waals surface area contributed by atoms with Crippen molar-refractivity contribution in [2.75, 3.05) is 20.2 Å². The van der Waals surface area contributed by atoms with Gasteiger partial charge in [-0.1, -0.05) is 35.9 Å². The molecular weight excluding hydrogens is 348 g/mol. The maximum atomic E-state index is 12.4. The van der Waals surface area contributed by atoms with Crippen molar-refractivity contribution in [3.8, 4) is 5.75 Å². The Morgan fingerprint density at radius 3 is 2.58 bits per heavy atom. The number of piperidine rings is 1. The van der Waals surface area contributed by atoms with Gasteiger partial charge in [-0.25, -0.2) is 0 Å². The first kappa shape index (κ1) is 18.7. The number of benzene rings is 2. The van der Waals surface area contributed by atoms with E-state index in [4.69, 9.17) is 16.3 Å². The minimum absolute atomic E-state index is 0.101. The molecule has 1 N–H and O–H groups in total. The summed E-state index contributed by atoms with van der Waals surface area (Å²) >= 11 is 5.89. The summed E-state index contributed by atoms with van der Waals surface area (Å²) in [6.45, 7) is 3.34. The van der Waals surface area contributed by atoms with Crippen LogP contribution in [-0.4, -0.2) is 31.0 Å². The van der Waals surface area contributed by atoms with Gasteiger partial charge in [0.25, 0.3) is 0 Å².